The van der Waals surface area contributed by atoms with E-state index in [2.05, 4.69) is 4.90 Å². The van der Waals surface area contributed by atoms with Gasteiger partial charge in [-0.1, -0.05) is 6.07 Å². The molecule has 5 heteroatoms. The third-order valence-electron chi connectivity index (χ3n) is 3.96. The number of amides is 1. The van der Waals surface area contributed by atoms with Crippen LogP contribution in [0.1, 0.15) is 35.2 Å². The van der Waals surface area contributed by atoms with Gasteiger partial charge in [0, 0.05) is 30.9 Å². The van der Waals surface area contributed by atoms with Gasteiger partial charge in [-0.25, -0.2) is 0 Å². The number of aliphatic hydroxyl groups is 1. The molecule has 1 heterocycles. The second kappa shape index (κ2) is 6.72. The summed E-state index contributed by atoms with van der Waals surface area (Å²) in [4.78, 5) is 13.5. The fourth-order valence-electron chi connectivity index (χ4n) is 2.85. The molecule has 1 saturated heterocycles. The van der Waals surface area contributed by atoms with Crippen LogP contribution in [0.5, 0.6) is 0 Å². The zero-order valence-electron chi connectivity index (χ0n) is 11.7. The Balaban J connectivity index is 2.00. The van der Waals surface area contributed by atoms with Crippen LogP contribution in [0.25, 0.3) is 0 Å². The molecule has 0 aliphatic carbocycles. The molecule has 5 nitrogen and oxygen atoms in total. The monoisotopic (exact) mass is 277 g/mol. The van der Waals surface area contributed by atoms with Gasteiger partial charge in [-0.15, -0.1) is 0 Å². The van der Waals surface area contributed by atoms with Crippen molar-refractivity contribution < 1.29 is 9.90 Å². The van der Waals surface area contributed by atoms with Gasteiger partial charge >= 0.3 is 0 Å². The standard InChI is InChI=1S/C15H23N3O2/c16-14-8-12(15(17)20)3-4-13(14)10-18-6-1-2-11(9-18)5-7-19/h3-4,8,11,19H,1-2,5-7,9-10,16H2,(H2,17,20). The number of primary amides is 1. The van der Waals surface area contributed by atoms with Crippen LogP contribution >= 0.6 is 0 Å². The van der Waals surface area contributed by atoms with Gasteiger partial charge in [0.1, 0.15) is 0 Å². The van der Waals surface area contributed by atoms with Gasteiger partial charge in [-0.05, 0) is 49.4 Å². The summed E-state index contributed by atoms with van der Waals surface area (Å²) in [5.74, 6) is 0.115. The quantitative estimate of drug-likeness (QED) is 0.699. The smallest absolute Gasteiger partial charge is 0.248 e. The first kappa shape index (κ1) is 14.8. The number of rotatable bonds is 5. The minimum Gasteiger partial charge on any atom is -0.398 e. The van der Waals surface area contributed by atoms with E-state index in [0.29, 0.717) is 17.2 Å². The van der Waals surface area contributed by atoms with Gasteiger partial charge in [0.05, 0.1) is 0 Å². The molecule has 1 unspecified atom stereocenters. The average Bonchev–Trinajstić information content (AvgIpc) is 2.42. The highest BCUT2D eigenvalue weighted by molar-refractivity contribution is 5.93. The maximum absolute atomic E-state index is 11.1. The van der Waals surface area contributed by atoms with Crippen molar-refractivity contribution in [2.24, 2.45) is 11.7 Å². The minimum atomic E-state index is -0.454. The number of anilines is 1. The molecule has 1 aromatic rings. The highest BCUT2D eigenvalue weighted by Crippen LogP contribution is 2.23. The number of carbonyl (C=O) groups is 1. The second-order valence-corrected chi connectivity index (χ2v) is 5.53. The molecule has 1 aliphatic rings. The Labute approximate surface area is 119 Å². The maximum atomic E-state index is 11.1. The van der Waals surface area contributed by atoms with Crippen LogP contribution in [-0.4, -0.2) is 35.6 Å². The predicted octanol–water partition coefficient (Wildman–Crippen LogP) is 0.962. The van der Waals surface area contributed by atoms with E-state index in [1.165, 1.54) is 6.42 Å². The molecule has 110 valence electrons. The molecule has 0 saturated carbocycles. The van der Waals surface area contributed by atoms with E-state index in [0.717, 1.165) is 38.0 Å². The number of hydrogen-bond donors (Lipinski definition) is 3. The summed E-state index contributed by atoms with van der Waals surface area (Å²) in [5.41, 5.74) is 13.3. The SMILES string of the molecule is NC(=O)c1ccc(CN2CCCC(CCO)C2)c(N)c1. The molecule has 5 N–H and O–H groups in total. The molecule has 1 fully saturated rings. The Morgan fingerprint density at radius 2 is 2.25 bits per heavy atom. The van der Waals surface area contributed by atoms with E-state index in [-0.39, 0.29) is 6.61 Å². The first-order valence-corrected chi connectivity index (χ1v) is 7.11. The third-order valence-corrected chi connectivity index (χ3v) is 3.96. The van der Waals surface area contributed by atoms with E-state index in [1.807, 2.05) is 6.07 Å². The van der Waals surface area contributed by atoms with E-state index < -0.39 is 5.91 Å². The summed E-state index contributed by atoms with van der Waals surface area (Å²) in [6, 6.07) is 5.25. The lowest BCUT2D eigenvalue weighted by atomic mass is 9.94. The lowest BCUT2D eigenvalue weighted by Gasteiger charge is -2.32. The molecule has 1 atom stereocenters. The van der Waals surface area contributed by atoms with Crippen molar-refractivity contribution in [2.45, 2.75) is 25.8 Å². The second-order valence-electron chi connectivity index (χ2n) is 5.53. The Morgan fingerprint density at radius 3 is 2.90 bits per heavy atom. The molecule has 0 spiro atoms. The number of piperidine rings is 1. The zero-order chi connectivity index (χ0) is 14.5. The first-order chi connectivity index (χ1) is 9.60. The van der Waals surface area contributed by atoms with Gasteiger partial charge in [0.25, 0.3) is 0 Å². The van der Waals surface area contributed by atoms with Crippen molar-refractivity contribution in [3.8, 4) is 0 Å². The summed E-state index contributed by atoms with van der Waals surface area (Å²) in [6.07, 6.45) is 3.21. The van der Waals surface area contributed by atoms with Crippen LogP contribution in [0.15, 0.2) is 18.2 Å². The molecule has 0 aromatic heterocycles. The lowest BCUT2D eigenvalue weighted by Crippen LogP contribution is -2.35. The Bertz CT molecular complexity index is 474. The molecule has 20 heavy (non-hydrogen) atoms. The number of aliphatic hydroxyl groups excluding tert-OH is 1. The molecule has 0 radical (unpaired) electrons. The maximum Gasteiger partial charge on any atom is 0.248 e. The van der Waals surface area contributed by atoms with Crippen molar-refractivity contribution in [1.29, 1.82) is 0 Å². The summed E-state index contributed by atoms with van der Waals surface area (Å²) in [5, 5.41) is 9.04. The van der Waals surface area contributed by atoms with Crippen LogP contribution in [0.2, 0.25) is 0 Å². The Kier molecular flexibility index (Phi) is 4.98. The Hall–Kier alpha value is -1.59. The van der Waals surface area contributed by atoms with Crippen LogP contribution < -0.4 is 11.5 Å². The topological polar surface area (TPSA) is 92.6 Å². The van der Waals surface area contributed by atoms with Crippen molar-refractivity contribution >= 4 is 11.6 Å². The van der Waals surface area contributed by atoms with Crippen molar-refractivity contribution in [3.63, 3.8) is 0 Å². The highest BCUT2D eigenvalue weighted by atomic mass is 16.3. The molecule has 0 bridgehead atoms. The summed E-state index contributed by atoms with van der Waals surface area (Å²) < 4.78 is 0. The van der Waals surface area contributed by atoms with Crippen molar-refractivity contribution in [3.05, 3.63) is 29.3 Å². The normalized spacial score (nSPS) is 19.9. The molecule has 2 rings (SSSR count). The van der Waals surface area contributed by atoms with E-state index >= 15 is 0 Å². The van der Waals surface area contributed by atoms with Crippen LogP contribution in [0, 0.1) is 5.92 Å². The Morgan fingerprint density at radius 1 is 1.45 bits per heavy atom. The number of nitrogens with zero attached hydrogens (tertiary/aromatic N) is 1. The van der Waals surface area contributed by atoms with Gasteiger partial charge < -0.3 is 16.6 Å². The highest BCUT2D eigenvalue weighted by Gasteiger charge is 2.20. The zero-order valence-corrected chi connectivity index (χ0v) is 11.7. The number of carbonyl (C=O) groups excluding carboxylic acids is 1. The summed E-state index contributed by atoms with van der Waals surface area (Å²) in [7, 11) is 0. The number of hydrogen-bond acceptors (Lipinski definition) is 4. The fraction of sp³-hybridized carbons (Fsp3) is 0.533. The number of nitrogen functional groups attached to an aromatic ring is 1. The van der Waals surface area contributed by atoms with Crippen molar-refractivity contribution in [1.82, 2.24) is 4.90 Å². The van der Waals surface area contributed by atoms with E-state index in [9.17, 15) is 4.79 Å². The van der Waals surface area contributed by atoms with Gasteiger partial charge in [0.15, 0.2) is 0 Å². The number of likely N-dealkylation sites (tertiary alicyclic amines) is 1. The molecule has 1 aromatic carbocycles. The number of benzene rings is 1. The fourth-order valence-corrected chi connectivity index (χ4v) is 2.85. The number of nitrogens with two attached hydrogens (primary N) is 2. The van der Waals surface area contributed by atoms with Crippen LogP contribution in [0.3, 0.4) is 0 Å². The lowest BCUT2D eigenvalue weighted by molar-refractivity contribution is 0.100. The van der Waals surface area contributed by atoms with Crippen molar-refractivity contribution in [2.75, 3.05) is 25.4 Å². The molecule has 1 amide bonds. The van der Waals surface area contributed by atoms with Crippen LogP contribution in [-0.2, 0) is 6.54 Å². The third kappa shape index (κ3) is 3.71. The van der Waals surface area contributed by atoms with Gasteiger partial charge in [-0.3, -0.25) is 9.69 Å². The summed E-state index contributed by atoms with van der Waals surface area (Å²) in [6.45, 7) is 3.09. The predicted molar refractivity (Wildman–Crippen MR) is 79.1 cm³/mol. The largest absolute Gasteiger partial charge is 0.398 e. The van der Waals surface area contributed by atoms with Crippen LogP contribution in [0.4, 0.5) is 5.69 Å². The molecular formula is C15H23N3O2. The average molecular weight is 277 g/mol. The summed E-state index contributed by atoms with van der Waals surface area (Å²) >= 11 is 0. The van der Waals surface area contributed by atoms with Gasteiger partial charge in [0.2, 0.25) is 5.91 Å². The first-order valence-electron chi connectivity index (χ1n) is 7.11. The van der Waals surface area contributed by atoms with E-state index in [4.69, 9.17) is 16.6 Å². The molecule has 1 aliphatic heterocycles. The van der Waals surface area contributed by atoms with Gasteiger partial charge in [-0.2, -0.15) is 0 Å². The minimum absolute atomic E-state index is 0.258. The molecular weight excluding hydrogens is 254 g/mol. The van der Waals surface area contributed by atoms with E-state index in [1.54, 1.807) is 12.1 Å².